The van der Waals surface area contributed by atoms with E-state index in [1.807, 2.05) is 12.2 Å². The number of benzene rings is 2. The van der Waals surface area contributed by atoms with Crippen molar-refractivity contribution in [1.82, 2.24) is 19.9 Å². The van der Waals surface area contributed by atoms with Crippen molar-refractivity contribution in [3.8, 4) is 6.08 Å². The molecule has 272 valence electrons. The summed E-state index contributed by atoms with van der Waals surface area (Å²) < 4.78 is 80.1. The highest BCUT2D eigenvalue weighted by Crippen LogP contribution is 2.46. The number of anilines is 1. The Balaban J connectivity index is 1.19. The molecule has 3 fully saturated rings. The molecular weight excluding hydrogens is 691 g/mol. The molecule has 0 radical (unpaired) electrons. The minimum atomic E-state index is -4.59. The van der Waals surface area contributed by atoms with Crippen LogP contribution in [-0.2, 0) is 30.6 Å². The number of ether oxygens (including phenoxy) is 1. The third kappa shape index (κ3) is 7.55. The number of oxazole rings is 1. The molecule has 2 aliphatic carbocycles. The molecule has 1 aromatic heterocycles. The van der Waals surface area contributed by atoms with Crippen molar-refractivity contribution in [2.24, 2.45) is 5.92 Å². The van der Waals surface area contributed by atoms with E-state index in [9.17, 15) is 36.0 Å². The third-order valence-electron chi connectivity index (χ3n) is 9.92. The molecule has 4 aliphatic rings. The zero-order chi connectivity index (χ0) is 36.0. The Morgan fingerprint density at radius 2 is 1.86 bits per heavy atom. The second kappa shape index (κ2) is 13.5. The van der Waals surface area contributed by atoms with Gasteiger partial charge in [-0.1, -0.05) is 43.2 Å². The summed E-state index contributed by atoms with van der Waals surface area (Å²) in [6.07, 6.45) is 2.25. The average Bonchev–Trinajstić information content (AvgIpc) is 3.98. The number of para-hydroxylation sites is 2. The predicted molar refractivity (Wildman–Crippen MR) is 179 cm³/mol. The van der Waals surface area contributed by atoms with Crippen LogP contribution < -0.4 is 20.1 Å². The lowest BCUT2D eigenvalue weighted by atomic mass is 10.0. The van der Waals surface area contributed by atoms with Gasteiger partial charge >= 0.3 is 12.3 Å². The molecule has 0 bridgehead atoms. The first kappa shape index (κ1) is 34.8. The largest absolute Gasteiger partial charge is 0.445 e. The van der Waals surface area contributed by atoms with Crippen LogP contribution in [0.15, 0.2) is 65.1 Å². The number of sulfonamides is 1. The van der Waals surface area contributed by atoms with E-state index in [-0.39, 0.29) is 37.6 Å². The lowest BCUT2D eigenvalue weighted by Gasteiger charge is -2.30. The highest BCUT2D eigenvalue weighted by atomic mass is 32.2. The Labute approximate surface area is 292 Å². The number of carbonyl (C=O) groups excluding carboxylic acids is 3. The summed E-state index contributed by atoms with van der Waals surface area (Å²) in [5.74, 6) is -2.52. The Bertz CT molecular complexity index is 1930. The van der Waals surface area contributed by atoms with E-state index in [0.717, 1.165) is 18.6 Å². The van der Waals surface area contributed by atoms with Crippen LogP contribution in [0.2, 0.25) is 0 Å². The number of aromatic nitrogens is 1. The molecule has 3 heterocycles. The number of alkyl halides is 3. The fraction of sp³-hybridized carbons (Fsp3) is 0.486. The van der Waals surface area contributed by atoms with Gasteiger partial charge in [-0.2, -0.15) is 18.2 Å². The van der Waals surface area contributed by atoms with Crippen LogP contribution in [0.25, 0.3) is 11.1 Å². The van der Waals surface area contributed by atoms with E-state index in [1.165, 1.54) is 17.0 Å². The fourth-order valence-electron chi connectivity index (χ4n) is 6.88. The lowest BCUT2D eigenvalue weighted by Crippen LogP contribution is -2.57. The number of hydrogen-bond donors (Lipinski definition) is 3. The second-order valence-corrected chi connectivity index (χ2v) is 15.7. The van der Waals surface area contributed by atoms with Crippen molar-refractivity contribution in [2.75, 3.05) is 11.9 Å². The first-order valence-corrected chi connectivity index (χ1v) is 18.7. The van der Waals surface area contributed by atoms with Crippen LogP contribution in [0.3, 0.4) is 0 Å². The molecule has 7 rings (SSSR count). The SMILES string of the molecule is O=C1N[C@]2(C(=O)NS(=O)(=O)C3CC3)C[C@H]2C=CCCCCC[C@H](Nc2cccc(C(F)(F)F)c2)C(=O)N2C[C@H](Oc3nc4ccccc4o3)C[C@@H]12. The number of carbonyl (C=O) groups is 3. The van der Waals surface area contributed by atoms with Gasteiger partial charge in [0.15, 0.2) is 5.58 Å². The number of fused-ring (bicyclic) bond motifs is 3. The number of rotatable bonds is 7. The summed E-state index contributed by atoms with van der Waals surface area (Å²) in [7, 11) is -3.92. The van der Waals surface area contributed by atoms with Crippen molar-refractivity contribution in [3.63, 3.8) is 0 Å². The maximum atomic E-state index is 14.4. The summed E-state index contributed by atoms with van der Waals surface area (Å²) in [6, 6.07) is 9.41. The average molecular weight is 730 g/mol. The molecule has 2 saturated carbocycles. The van der Waals surface area contributed by atoms with Gasteiger partial charge < -0.3 is 24.7 Å². The van der Waals surface area contributed by atoms with Crippen LogP contribution in [0.4, 0.5) is 18.9 Å². The van der Waals surface area contributed by atoms with Gasteiger partial charge in [0.05, 0.1) is 17.4 Å². The van der Waals surface area contributed by atoms with Gasteiger partial charge in [0.2, 0.25) is 21.8 Å². The molecular formula is C35H38F3N5O7S. The minimum Gasteiger partial charge on any atom is -0.445 e. The van der Waals surface area contributed by atoms with Crippen molar-refractivity contribution in [3.05, 3.63) is 66.2 Å². The highest BCUT2D eigenvalue weighted by Gasteiger charge is 2.62. The van der Waals surface area contributed by atoms with E-state index in [4.69, 9.17) is 9.15 Å². The van der Waals surface area contributed by atoms with Crippen LogP contribution in [0, 0.1) is 5.92 Å². The molecule has 3 N–H and O–H groups in total. The lowest BCUT2D eigenvalue weighted by molar-refractivity contribution is -0.140. The van der Waals surface area contributed by atoms with E-state index in [1.54, 1.807) is 24.3 Å². The summed E-state index contributed by atoms with van der Waals surface area (Å²) in [6.45, 7) is -0.0883. The van der Waals surface area contributed by atoms with E-state index in [0.29, 0.717) is 43.2 Å². The van der Waals surface area contributed by atoms with E-state index >= 15 is 0 Å². The second-order valence-electron chi connectivity index (χ2n) is 13.7. The van der Waals surface area contributed by atoms with Crippen LogP contribution in [-0.4, -0.2) is 71.5 Å². The minimum absolute atomic E-state index is 0.0227. The quantitative estimate of drug-likeness (QED) is 0.294. The number of nitrogens with zero attached hydrogens (tertiary/aromatic N) is 2. The molecule has 2 aliphatic heterocycles. The maximum Gasteiger partial charge on any atom is 0.416 e. The first-order chi connectivity index (χ1) is 24.3. The molecule has 1 saturated heterocycles. The third-order valence-corrected chi connectivity index (χ3v) is 11.7. The van der Waals surface area contributed by atoms with E-state index in [2.05, 4.69) is 20.3 Å². The Hall–Kier alpha value is -4.60. The van der Waals surface area contributed by atoms with E-state index < -0.39 is 74.4 Å². The zero-order valence-corrected chi connectivity index (χ0v) is 28.3. The van der Waals surface area contributed by atoms with Crippen LogP contribution >= 0.6 is 0 Å². The fourth-order valence-corrected chi connectivity index (χ4v) is 8.24. The standard InChI is InChI=1S/C35H38F3N5O7S/c36-35(37,38)21-10-8-11-23(17-21)39-27-13-5-3-1-2-4-9-22-19-34(22,32(46)42-51(47,48)25-15-16-25)41-30(44)28-18-24(20-43(28)31(27)45)49-33-40-26-12-6-7-14-29(26)50-33/h4,6-12,14,17,22,24-25,27-28,39H,1-3,5,13,15-16,18-20H2,(H,41,44)(H,42,46)/t22-,24-,27+,28+,34-/m1/s1. The zero-order valence-electron chi connectivity index (χ0n) is 27.5. The first-order valence-electron chi connectivity index (χ1n) is 17.1. The number of allylic oxidation sites excluding steroid dienone is 1. The monoisotopic (exact) mass is 729 g/mol. The number of amides is 3. The van der Waals surface area contributed by atoms with Gasteiger partial charge in [-0.05, 0) is 68.9 Å². The smallest absolute Gasteiger partial charge is 0.416 e. The predicted octanol–water partition coefficient (Wildman–Crippen LogP) is 4.68. The molecule has 0 unspecified atom stereocenters. The van der Waals surface area contributed by atoms with Crippen molar-refractivity contribution < 1.29 is 45.1 Å². The molecule has 2 aromatic carbocycles. The van der Waals surface area contributed by atoms with Gasteiger partial charge in [-0.3, -0.25) is 19.1 Å². The highest BCUT2D eigenvalue weighted by molar-refractivity contribution is 7.91. The number of hydrogen-bond acceptors (Lipinski definition) is 9. The maximum absolute atomic E-state index is 14.4. The molecule has 16 heteroatoms. The number of halogens is 3. The molecule has 5 atom stereocenters. The molecule has 3 aromatic rings. The molecule has 0 spiro atoms. The summed E-state index contributed by atoms with van der Waals surface area (Å²) in [4.78, 5) is 47.9. The molecule has 3 amide bonds. The Morgan fingerprint density at radius 1 is 1.06 bits per heavy atom. The number of nitrogens with one attached hydrogen (secondary N) is 3. The van der Waals surface area contributed by atoms with Gasteiger partial charge in [0, 0.05) is 18.0 Å². The van der Waals surface area contributed by atoms with Crippen LogP contribution in [0.1, 0.15) is 63.4 Å². The van der Waals surface area contributed by atoms with Gasteiger partial charge in [-0.15, -0.1) is 0 Å². The van der Waals surface area contributed by atoms with Crippen molar-refractivity contribution in [2.45, 2.75) is 92.9 Å². The van der Waals surface area contributed by atoms with Gasteiger partial charge in [0.1, 0.15) is 29.2 Å². The van der Waals surface area contributed by atoms with Crippen molar-refractivity contribution >= 4 is 44.5 Å². The Kier molecular flexibility index (Phi) is 9.23. The van der Waals surface area contributed by atoms with Crippen LogP contribution in [0.5, 0.6) is 6.08 Å². The van der Waals surface area contributed by atoms with Gasteiger partial charge in [0.25, 0.3) is 5.91 Å². The van der Waals surface area contributed by atoms with Gasteiger partial charge in [-0.25, -0.2) is 8.42 Å². The summed E-state index contributed by atoms with van der Waals surface area (Å²) >= 11 is 0. The van der Waals surface area contributed by atoms with Crippen molar-refractivity contribution in [1.29, 1.82) is 0 Å². The summed E-state index contributed by atoms with van der Waals surface area (Å²) in [5, 5.41) is 5.14. The molecule has 51 heavy (non-hydrogen) atoms. The normalized spacial score (nSPS) is 27.5. The summed E-state index contributed by atoms with van der Waals surface area (Å²) in [5.41, 5.74) is -1.31. The Morgan fingerprint density at radius 3 is 2.63 bits per heavy atom. The topological polar surface area (TPSA) is 160 Å². The molecule has 12 nitrogen and oxygen atoms in total.